The summed E-state index contributed by atoms with van der Waals surface area (Å²) in [5, 5.41) is 0. The molecule has 1 aromatic carbocycles. The molecule has 0 aliphatic heterocycles. The summed E-state index contributed by atoms with van der Waals surface area (Å²) in [6.07, 6.45) is 1.69. The van der Waals surface area contributed by atoms with Crippen molar-refractivity contribution in [3.05, 3.63) is 52.3 Å². The van der Waals surface area contributed by atoms with Crippen molar-refractivity contribution >= 4 is 21.9 Å². The maximum Gasteiger partial charge on any atom is 0.220 e. The van der Waals surface area contributed by atoms with Crippen molar-refractivity contribution in [2.24, 2.45) is 0 Å². The maximum atomic E-state index is 5.63. The second kappa shape index (κ2) is 4.45. The lowest BCUT2D eigenvalue weighted by Crippen LogP contribution is -2.21. The number of benzene rings is 1. The highest BCUT2D eigenvalue weighted by Crippen LogP contribution is 2.30. The predicted octanol–water partition coefficient (Wildman–Crippen LogP) is 3.15. The number of rotatable bonds is 2. The van der Waals surface area contributed by atoms with E-state index in [4.69, 9.17) is 5.73 Å². The molecule has 0 saturated heterocycles. The third-order valence-electron chi connectivity index (χ3n) is 2.88. The highest BCUT2D eigenvalue weighted by atomic mass is 79.9. The molecule has 2 aromatic rings. The van der Waals surface area contributed by atoms with Gasteiger partial charge < -0.3 is 5.73 Å². The predicted molar refractivity (Wildman–Crippen MR) is 72.7 cm³/mol. The minimum atomic E-state index is -0.183. The van der Waals surface area contributed by atoms with Crippen molar-refractivity contribution in [2.75, 3.05) is 5.73 Å². The minimum Gasteiger partial charge on any atom is -0.368 e. The van der Waals surface area contributed by atoms with Crippen LogP contribution in [0, 0.1) is 0 Å². The van der Waals surface area contributed by atoms with Gasteiger partial charge in [0.1, 0.15) is 0 Å². The van der Waals surface area contributed by atoms with E-state index in [0.29, 0.717) is 5.95 Å². The first kappa shape index (κ1) is 12.0. The second-order valence-electron chi connectivity index (χ2n) is 4.43. The molecule has 2 N–H and O–H groups in total. The van der Waals surface area contributed by atoms with Crippen LogP contribution < -0.4 is 5.73 Å². The van der Waals surface area contributed by atoms with E-state index in [9.17, 15) is 0 Å². The van der Waals surface area contributed by atoms with Gasteiger partial charge in [0, 0.05) is 16.1 Å². The van der Waals surface area contributed by atoms with Crippen LogP contribution in [-0.2, 0) is 5.41 Å². The average molecular weight is 292 g/mol. The van der Waals surface area contributed by atoms with Gasteiger partial charge in [0.25, 0.3) is 0 Å². The average Bonchev–Trinajstić information content (AvgIpc) is 2.29. The molecule has 0 bridgehead atoms. The molecule has 0 amide bonds. The van der Waals surface area contributed by atoms with Crippen molar-refractivity contribution in [3.63, 3.8) is 0 Å². The van der Waals surface area contributed by atoms with Crippen molar-refractivity contribution in [2.45, 2.75) is 19.3 Å². The van der Waals surface area contributed by atoms with Gasteiger partial charge in [-0.25, -0.2) is 9.97 Å². The van der Waals surface area contributed by atoms with Crippen LogP contribution in [0.4, 0.5) is 5.95 Å². The highest BCUT2D eigenvalue weighted by Gasteiger charge is 2.24. The summed E-state index contributed by atoms with van der Waals surface area (Å²) < 4.78 is 1.07. The number of nitrogen functional groups attached to an aromatic ring is 1. The Morgan fingerprint density at radius 3 is 2.35 bits per heavy atom. The SMILES string of the molecule is CC(C)(c1ccc(Br)cc1)c1ccnc(N)n1. The normalized spacial score (nSPS) is 11.5. The van der Waals surface area contributed by atoms with E-state index in [1.807, 2.05) is 18.2 Å². The van der Waals surface area contributed by atoms with E-state index < -0.39 is 0 Å². The number of hydrogen-bond donors (Lipinski definition) is 1. The van der Waals surface area contributed by atoms with Crippen molar-refractivity contribution in [3.8, 4) is 0 Å². The molecular weight excluding hydrogens is 278 g/mol. The van der Waals surface area contributed by atoms with E-state index in [-0.39, 0.29) is 5.41 Å². The third kappa shape index (κ3) is 2.47. The summed E-state index contributed by atoms with van der Waals surface area (Å²) in [4.78, 5) is 8.22. The molecule has 17 heavy (non-hydrogen) atoms. The summed E-state index contributed by atoms with van der Waals surface area (Å²) in [6.45, 7) is 4.25. The second-order valence-corrected chi connectivity index (χ2v) is 5.35. The Bertz CT molecular complexity index is 520. The van der Waals surface area contributed by atoms with Crippen LogP contribution in [0.2, 0.25) is 0 Å². The lowest BCUT2D eigenvalue weighted by Gasteiger charge is -2.24. The number of nitrogens with two attached hydrogens (primary N) is 1. The van der Waals surface area contributed by atoms with E-state index in [1.165, 1.54) is 5.56 Å². The van der Waals surface area contributed by atoms with Crippen molar-refractivity contribution in [1.82, 2.24) is 9.97 Å². The molecular formula is C13H14BrN3. The van der Waals surface area contributed by atoms with Gasteiger partial charge in [-0.1, -0.05) is 41.9 Å². The van der Waals surface area contributed by atoms with Crippen LogP contribution in [0.15, 0.2) is 41.0 Å². The molecule has 0 aliphatic rings. The van der Waals surface area contributed by atoms with Crippen LogP contribution in [0.25, 0.3) is 0 Å². The Hall–Kier alpha value is -1.42. The van der Waals surface area contributed by atoms with Gasteiger partial charge >= 0.3 is 0 Å². The fourth-order valence-corrected chi connectivity index (χ4v) is 2.00. The van der Waals surface area contributed by atoms with Gasteiger partial charge in [0.2, 0.25) is 5.95 Å². The first-order chi connectivity index (χ1) is 8.00. The molecule has 0 unspecified atom stereocenters. The fourth-order valence-electron chi connectivity index (χ4n) is 1.74. The summed E-state index contributed by atoms with van der Waals surface area (Å²) in [7, 11) is 0. The van der Waals surface area contributed by atoms with Crippen LogP contribution in [0.5, 0.6) is 0 Å². The number of halogens is 1. The molecule has 4 heteroatoms. The fraction of sp³-hybridized carbons (Fsp3) is 0.231. The third-order valence-corrected chi connectivity index (χ3v) is 3.41. The Morgan fingerprint density at radius 2 is 1.76 bits per heavy atom. The number of hydrogen-bond acceptors (Lipinski definition) is 3. The molecule has 1 heterocycles. The van der Waals surface area contributed by atoms with Gasteiger partial charge in [-0.3, -0.25) is 0 Å². The first-order valence-corrected chi connectivity index (χ1v) is 6.14. The molecule has 0 aliphatic carbocycles. The molecule has 3 nitrogen and oxygen atoms in total. The Balaban J connectivity index is 2.45. The molecule has 0 atom stereocenters. The van der Waals surface area contributed by atoms with Gasteiger partial charge in [-0.05, 0) is 23.8 Å². The van der Waals surface area contributed by atoms with E-state index in [1.54, 1.807) is 6.20 Å². The lowest BCUT2D eigenvalue weighted by atomic mass is 9.81. The van der Waals surface area contributed by atoms with Crippen LogP contribution >= 0.6 is 15.9 Å². The molecule has 0 spiro atoms. The van der Waals surface area contributed by atoms with Gasteiger partial charge in [0.15, 0.2) is 0 Å². The Kier molecular flexibility index (Phi) is 3.15. The molecule has 88 valence electrons. The smallest absolute Gasteiger partial charge is 0.220 e. The molecule has 0 radical (unpaired) electrons. The summed E-state index contributed by atoms with van der Waals surface area (Å²) in [5.41, 5.74) is 7.56. The zero-order valence-electron chi connectivity index (χ0n) is 9.81. The Labute approximate surface area is 109 Å². The van der Waals surface area contributed by atoms with Crippen LogP contribution in [0.3, 0.4) is 0 Å². The van der Waals surface area contributed by atoms with Gasteiger partial charge in [-0.15, -0.1) is 0 Å². The van der Waals surface area contributed by atoms with Crippen LogP contribution in [0.1, 0.15) is 25.1 Å². The van der Waals surface area contributed by atoms with Crippen LogP contribution in [-0.4, -0.2) is 9.97 Å². The standard InChI is InChI=1S/C13H14BrN3/c1-13(2,9-3-5-10(14)6-4-9)11-7-8-16-12(15)17-11/h3-8H,1-2H3,(H2,15,16,17). The van der Waals surface area contributed by atoms with Crippen molar-refractivity contribution in [1.29, 1.82) is 0 Å². The minimum absolute atomic E-state index is 0.183. The number of anilines is 1. The summed E-state index contributed by atoms with van der Waals surface area (Å²) in [5.74, 6) is 0.313. The number of nitrogens with zero attached hydrogens (tertiary/aromatic N) is 2. The number of aromatic nitrogens is 2. The molecule has 2 rings (SSSR count). The van der Waals surface area contributed by atoms with Gasteiger partial charge in [0.05, 0.1) is 5.69 Å². The maximum absolute atomic E-state index is 5.63. The van der Waals surface area contributed by atoms with Gasteiger partial charge in [-0.2, -0.15) is 0 Å². The topological polar surface area (TPSA) is 51.8 Å². The molecule has 1 aromatic heterocycles. The summed E-state index contributed by atoms with van der Waals surface area (Å²) in [6, 6.07) is 10.1. The zero-order chi connectivity index (χ0) is 12.5. The first-order valence-electron chi connectivity index (χ1n) is 5.35. The lowest BCUT2D eigenvalue weighted by molar-refractivity contribution is 0.615. The molecule has 0 fully saturated rings. The van der Waals surface area contributed by atoms with E-state index in [2.05, 4.69) is 51.9 Å². The van der Waals surface area contributed by atoms with Crippen molar-refractivity contribution < 1.29 is 0 Å². The van der Waals surface area contributed by atoms with E-state index in [0.717, 1.165) is 10.2 Å². The molecule has 0 saturated carbocycles. The zero-order valence-corrected chi connectivity index (χ0v) is 11.4. The summed E-state index contributed by atoms with van der Waals surface area (Å²) >= 11 is 3.43. The monoisotopic (exact) mass is 291 g/mol. The largest absolute Gasteiger partial charge is 0.368 e. The quantitative estimate of drug-likeness (QED) is 0.925. The highest BCUT2D eigenvalue weighted by molar-refractivity contribution is 9.10. The van der Waals surface area contributed by atoms with E-state index >= 15 is 0 Å². The Morgan fingerprint density at radius 1 is 1.12 bits per heavy atom.